The molecule has 0 saturated heterocycles. The maximum absolute atomic E-state index is 13.8. The quantitative estimate of drug-likeness (QED) is 0.0263. The van der Waals surface area contributed by atoms with Gasteiger partial charge in [-0.1, -0.05) is 148 Å². The second-order valence-corrected chi connectivity index (χ2v) is 35.5. The number of amides is 3. The molecule has 3 aliphatic rings. The van der Waals surface area contributed by atoms with Crippen molar-refractivity contribution in [2.45, 2.75) is 170 Å². The van der Waals surface area contributed by atoms with Gasteiger partial charge in [-0.25, -0.2) is 54.4 Å². The highest BCUT2D eigenvalue weighted by atomic mass is 32.2. The maximum atomic E-state index is 13.8. The van der Waals surface area contributed by atoms with Gasteiger partial charge in [0, 0.05) is 74.1 Å². The van der Waals surface area contributed by atoms with Crippen LogP contribution in [0.4, 0.5) is 5.82 Å². The number of rotatable bonds is 25. The molecule has 3 aliphatic heterocycles. The normalized spacial score (nSPS) is 18.3. The van der Waals surface area contributed by atoms with Crippen molar-refractivity contribution in [2.75, 3.05) is 39.0 Å². The van der Waals surface area contributed by atoms with Gasteiger partial charge in [-0.15, -0.1) is 0 Å². The molecule has 0 saturated carbocycles. The van der Waals surface area contributed by atoms with Gasteiger partial charge in [-0.05, 0) is 170 Å². The number of aromatic amines is 1. The lowest BCUT2D eigenvalue weighted by atomic mass is 9.88. The van der Waals surface area contributed by atoms with Crippen LogP contribution < -0.4 is 33.7 Å². The number of aliphatic hydroxyl groups excluding tert-OH is 3. The molecule has 116 heavy (non-hydrogen) atoms. The average Bonchev–Trinajstić information content (AvgIpc) is 0.817. The highest BCUT2D eigenvalue weighted by Gasteiger charge is 2.49. The molecule has 3 amide bonds. The predicted octanol–water partition coefficient (Wildman–Crippen LogP) is 11.1. The lowest BCUT2D eigenvalue weighted by Gasteiger charge is -2.41. The molecule has 0 aliphatic carbocycles. The Bertz CT molecular complexity index is 5460. The largest absolute Gasteiger partial charge is 0.469 e. The van der Waals surface area contributed by atoms with Crippen molar-refractivity contribution in [3.63, 3.8) is 0 Å². The number of ether oxygens (including phenoxy) is 3. The number of hydrogen-bond donors (Lipinski definition) is 8. The molecule has 0 unspecified atom stereocenters. The second kappa shape index (κ2) is 36.3. The van der Waals surface area contributed by atoms with Crippen LogP contribution in [0, 0.1) is 0 Å². The molecule has 13 rings (SSSR count). The van der Waals surface area contributed by atoms with Crippen molar-refractivity contribution in [1.82, 2.24) is 54.0 Å². The summed E-state index contributed by atoms with van der Waals surface area (Å²) in [4.78, 5) is 58.9. The fourth-order valence-corrected chi connectivity index (χ4v) is 17.0. The number of sulfonamides is 3. The SMILES string of the molecule is CCc1ccc(S(=O)(=O)N[C@@H]2c3cc(C(=O)N(CC)Cc4ccccc4)cnc3OC(C)(C)[C@H]2O)cc1.CCc1ccc(S(=O)(=O)N[C@@H]2c3cc(C(=O)N(CCN(C)C)Cc4ccccc4)cnc3OC(C)(C)[C@H]2O)cc1.CCc1ccc(S(=O)(=O)N[C@@H]2c3cc(C(=O)Nc4cc(-c5ccccc5)[nH]n4)cnc3OC(C)(C)[C@H]2O)cc1. The van der Waals surface area contributed by atoms with Crippen molar-refractivity contribution in [3.8, 4) is 28.9 Å². The van der Waals surface area contributed by atoms with E-state index in [0.29, 0.717) is 49.7 Å². The predicted molar refractivity (Wildman–Crippen MR) is 440 cm³/mol. The van der Waals surface area contributed by atoms with Crippen LogP contribution >= 0.6 is 0 Å². The van der Waals surface area contributed by atoms with Gasteiger partial charge in [0.1, 0.15) is 35.1 Å². The number of carbonyl (C=O) groups excluding carboxylic acids is 3. The van der Waals surface area contributed by atoms with E-state index in [1.807, 2.05) is 138 Å². The van der Waals surface area contributed by atoms with Crippen molar-refractivity contribution in [2.24, 2.45) is 0 Å². The Hall–Kier alpha value is -10.6. The number of carbonyl (C=O) groups is 3. The number of anilines is 1. The number of aryl methyl sites for hydroxylation is 3. The minimum Gasteiger partial charge on any atom is -0.469 e. The zero-order chi connectivity index (χ0) is 83.7. The molecule has 8 N–H and O–H groups in total. The molecule has 27 nitrogen and oxygen atoms in total. The summed E-state index contributed by atoms with van der Waals surface area (Å²) in [5, 5.41) is 43.3. The molecule has 0 radical (unpaired) electrons. The molecule has 10 aromatic rings. The Morgan fingerprint density at radius 1 is 0.440 bits per heavy atom. The molecule has 0 spiro atoms. The van der Waals surface area contributed by atoms with Crippen LogP contribution in [0.2, 0.25) is 0 Å². The van der Waals surface area contributed by atoms with Crippen LogP contribution in [0.5, 0.6) is 17.6 Å². The highest BCUT2D eigenvalue weighted by Crippen LogP contribution is 2.44. The Morgan fingerprint density at radius 2 is 0.776 bits per heavy atom. The van der Waals surface area contributed by atoms with Crippen LogP contribution in [-0.2, 0) is 62.4 Å². The Balaban J connectivity index is 0.000000171. The average molecular weight is 1640 g/mol. The van der Waals surface area contributed by atoms with Gasteiger partial charge in [0.2, 0.25) is 47.7 Å². The van der Waals surface area contributed by atoms with Gasteiger partial charge in [-0.2, -0.15) is 5.10 Å². The zero-order valence-electron chi connectivity index (χ0n) is 66.8. The second-order valence-electron chi connectivity index (χ2n) is 30.4. The van der Waals surface area contributed by atoms with Gasteiger partial charge in [-0.3, -0.25) is 19.5 Å². The Labute approximate surface area is 678 Å². The monoisotopic (exact) mass is 1640 g/mol. The van der Waals surface area contributed by atoms with Crippen molar-refractivity contribution in [1.29, 1.82) is 0 Å². The first-order valence-corrected chi connectivity index (χ1v) is 42.7. The van der Waals surface area contributed by atoms with Crippen LogP contribution in [0.15, 0.2) is 221 Å². The van der Waals surface area contributed by atoms with Crippen LogP contribution in [-0.4, -0.2) is 167 Å². The summed E-state index contributed by atoms with van der Waals surface area (Å²) >= 11 is 0. The number of pyridine rings is 3. The van der Waals surface area contributed by atoms with Gasteiger partial charge in [0.05, 0.1) is 55.2 Å². The number of benzene rings is 6. The van der Waals surface area contributed by atoms with E-state index >= 15 is 0 Å². The Morgan fingerprint density at radius 3 is 1.13 bits per heavy atom. The topological polar surface area (TPSA) is 367 Å². The molecule has 0 fully saturated rings. The molecular formula is C86H100N12O15S3. The van der Waals surface area contributed by atoms with Crippen molar-refractivity contribution >= 4 is 53.6 Å². The van der Waals surface area contributed by atoms with E-state index in [1.54, 1.807) is 130 Å². The number of nitrogens with one attached hydrogen (secondary N) is 5. The standard InChI is InChI=1S/C30H38N4O5S.C28H29N5O5S.C28H33N3O5S/c1-6-21-12-14-24(15-13-21)40(37,38)32-26-25-18-23(19-31-28(25)39-30(2,3)27(26)35)29(36)34(17-16-33(4)5)20-22-10-8-7-9-11-22;1-4-17-10-12-20(13-11-17)39(36,37)33-24-21-14-19(16-29-27(21)38-28(2,3)25(24)34)26(35)30-23-15-22(31-32-23)18-8-6-5-7-9-18;1-5-19-12-14-22(15-13-19)37(34,35)30-24-23-16-21(17-29-26(23)36-28(3,4)25(24)32)27(33)31(6-2)18-20-10-8-7-9-11-20/h7-15,18-19,26-27,32,35H,6,16-17,20H2,1-5H3;5-16,24-25,33-34H,4H2,1-3H3,(H2,30,31,32,35);7-17,24-25,30,32H,5-6,18H2,1-4H3/t26-,27+;2*24-,25+/m111/s1. The maximum Gasteiger partial charge on any atom is 0.258 e. The number of aliphatic hydroxyl groups is 3. The molecule has 6 aromatic carbocycles. The highest BCUT2D eigenvalue weighted by molar-refractivity contribution is 7.90. The lowest BCUT2D eigenvalue weighted by Crippen LogP contribution is -2.53. The summed E-state index contributed by atoms with van der Waals surface area (Å²) in [5.41, 5.74) is 4.81. The Kier molecular flexibility index (Phi) is 26.9. The van der Waals surface area contributed by atoms with Crippen LogP contribution in [0.3, 0.4) is 0 Å². The first kappa shape index (κ1) is 86.2. The third kappa shape index (κ3) is 20.4. The van der Waals surface area contributed by atoms with E-state index in [1.165, 1.54) is 36.8 Å². The number of H-pyrrole nitrogens is 1. The molecule has 4 aromatic heterocycles. The van der Waals surface area contributed by atoms with Gasteiger partial charge in [0.15, 0.2) is 5.82 Å². The number of fused-ring (bicyclic) bond motifs is 3. The fourth-order valence-electron chi connectivity index (χ4n) is 13.3. The summed E-state index contributed by atoms with van der Waals surface area (Å²) in [7, 11) is -8.15. The van der Waals surface area contributed by atoms with Gasteiger partial charge in [0.25, 0.3) is 17.7 Å². The number of hydrogen-bond acceptors (Lipinski definition) is 20. The molecule has 612 valence electrons. The van der Waals surface area contributed by atoms with Crippen molar-refractivity contribution < 1.29 is 69.2 Å². The van der Waals surface area contributed by atoms with E-state index in [4.69, 9.17) is 14.2 Å². The number of likely N-dealkylation sites (N-methyl/N-ethyl adjacent to an activating group) is 1. The molecule has 6 atom stereocenters. The molecule has 7 heterocycles. The van der Waals surface area contributed by atoms with E-state index in [9.17, 15) is 55.0 Å². The summed E-state index contributed by atoms with van der Waals surface area (Å²) in [6, 6.07) is 51.7. The minimum atomic E-state index is -4.02. The van der Waals surface area contributed by atoms with E-state index < -0.39 is 89.2 Å². The first-order valence-electron chi connectivity index (χ1n) is 38.2. The fraction of sp³-hybridized carbons (Fsp3) is 0.337. The van der Waals surface area contributed by atoms with Gasteiger partial charge >= 0.3 is 0 Å². The molecular weight excluding hydrogens is 1540 g/mol. The zero-order valence-corrected chi connectivity index (χ0v) is 69.3. The number of aromatic nitrogens is 5. The van der Waals surface area contributed by atoms with E-state index in [-0.39, 0.29) is 66.4 Å². The summed E-state index contributed by atoms with van der Waals surface area (Å²) in [6.45, 7) is 20.2. The lowest BCUT2D eigenvalue weighted by molar-refractivity contribution is -0.0633. The van der Waals surface area contributed by atoms with Crippen LogP contribution in [0.1, 0.15) is 163 Å². The third-order valence-corrected chi connectivity index (χ3v) is 24.8. The summed E-state index contributed by atoms with van der Waals surface area (Å²) in [6.07, 6.45) is 2.80. The molecule has 0 bridgehead atoms. The number of nitrogens with zero attached hydrogens (tertiary/aromatic N) is 7. The summed E-state index contributed by atoms with van der Waals surface area (Å²) in [5.74, 6) is -0.234. The van der Waals surface area contributed by atoms with Crippen molar-refractivity contribution in [3.05, 3.63) is 268 Å². The smallest absolute Gasteiger partial charge is 0.258 e. The first-order chi connectivity index (χ1) is 55.0. The van der Waals surface area contributed by atoms with Gasteiger partial charge < -0.3 is 49.5 Å². The van der Waals surface area contributed by atoms with Crippen LogP contribution in [0.25, 0.3) is 11.3 Å². The minimum absolute atomic E-state index is 0.0624. The van der Waals surface area contributed by atoms with E-state index in [2.05, 4.69) is 44.6 Å². The summed E-state index contributed by atoms with van der Waals surface area (Å²) < 4.78 is 106. The van der Waals surface area contributed by atoms with E-state index in [0.717, 1.165) is 58.3 Å². The third-order valence-electron chi connectivity index (χ3n) is 20.4. The molecule has 30 heteroatoms.